The molecule has 2 aromatic rings. The van der Waals surface area contributed by atoms with Crippen LogP contribution < -0.4 is 10.1 Å². The largest absolute Gasteiger partial charge is 0.507 e. The van der Waals surface area contributed by atoms with E-state index in [9.17, 15) is 39.9 Å². The molecule has 0 aliphatic carbocycles. The van der Waals surface area contributed by atoms with Gasteiger partial charge in [0.1, 0.15) is 23.4 Å². The lowest BCUT2D eigenvalue weighted by Gasteiger charge is -2.38. The standard InChI is InChI=1S/C37H47NO12/c1-16-11-10-12-17(2)36(46)38-23-15-24(40)26-27(32(23)44)31(43)21(6)34-28(26)35(45)37(8,50-34)48-14-13-25(47-9)18(3)33(49-22(7)39)20(5)30(42)19(4)29(16)41/h10-16,18-20,25,29-30,33,40-44H,1-9H3,(H,38,46)/b11-10+,14-13+,17-12-/t16-,18+,19+,20+,25?,29?,30+,33+,37-/m0/s1. The third-order valence-corrected chi connectivity index (χ3v) is 9.84. The van der Waals surface area contributed by atoms with Crippen molar-refractivity contribution < 1.29 is 58.9 Å². The van der Waals surface area contributed by atoms with Crippen molar-refractivity contribution in [2.75, 3.05) is 12.4 Å². The fraction of sp³-hybridized carbons (Fsp3) is 0.486. The van der Waals surface area contributed by atoms with Crippen LogP contribution in [0.1, 0.15) is 64.4 Å². The maximum Gasteiger partial charge on any atom is 0.312 e. The number of allylic oxidation sites excluding steroid dienone is 2. The molecule has 0 saturated heterocycles. The number of phenols is 3. The number of carbonyl (C=O) groups is 3. The summed E-state index contributed by atoms with van der Waals surface area (Å²) in [6, 6.07) is 1.06. The number of Topliss-reactive ketones (excluding diaryl/α,β-unsaturated/α-hetero) is 1. The third-order valence-electron chi connectivity index (χ3n) is 9.84. The van der Waals surface area contributed by atoms with Crippen LogP contribution in [-0.2, 0) is 23.8 Å². The molecule has 3 heterocycles. The number of hydrogen-bond acceptors (Lipinski definition) is 12. The van der Waals surface area contributed by atoms with Gasteiger partial charge in [-0.2, -0.15) is 0 Å². The van der Waals surface area contributed by atoms with Crippen molar-refractivity contribution in [2.24, 2.45) is 23.7 Å². The number of phenolic OH excluding ortho intramolecular Hbond substituents is 3. The van der Waals surface area contributed by atoms with Crippen molar-refractivity contribution in [2.45, 2.75) is 85.6 Å². The Morgan fingerprint density at radius 1 is 0.940 bits per heavy atom. The van der Waals surface area contributed by atoms with E-state index in [2.05, 4.69) is 5.32 Å². The smallest absolute Gasteiger partial charge is 0.312 e. The van der Waals surface area contributed by atoms with Crippen LogP contribution in [0.2, 0.25) is 0 Å². The molecule has 0 fully saturated rings. The van der Waals surface area contributed by atoms with Gasteiger partial charge in [-0.1, -0.05) is 45.9 Å². The van der Waals surface area contributed by atoms with Gasteiger partial charge in [-0.3, -0.25) is 14.4 Å². The number of methoxy groups -OCH3 is 1. The first kappa shape index (κ1) is 38.2. The van der Waals surface area contributed by atoms with Gasteiger partial charge in [0, 0.05) is 67.2 Å². The second-order valence-electron chi connectivity index (χ2n) is 13.4. The lowest BCUT2D eigenvalue weighted by atomic mass is 9.78. The lowest BCUT2D eigenvalue weighted by Crippen LogP contribution is -2.46. The molecular weight excluding hydrogens is 650 g/mol. The van der Waals surface area contributed by atoms with Crippen molar-refractivity contribution in [3.63, 3.8) is 0 Å². The minimum absolute atomic E-state index is 0.0709. The number of carbonyl (C=O) groups excluding carboxylic acids is 3. The number of anilines is 1. The molecular formula is C37H47NO12. The topological polar surface area (TPSA) is 201 Å². The molecule has 2 unspecified atom stereocenters. The van der Waals surface area contributed by atoms with Gasteiger partial charge in [-0.15, -0.1) is 0 Å². The van der Waals surface area contributed by atoms with E-state index >= 15 is 0 Å². The van der Waals surface area contributed by atoms with E-state index in [1.54, 1.807) is 39.8 Å². The number of aromatic hydroxyl groups is 3. The van der Waals surface area contributed by atoms with Gasteiger partial charge in [-0.05, 0) is 19.9 Å². The molecule has 0 spiro atoms. The number of ether oxygens (including phenoxy) is 4. The number of ketones is 1. The van der Waals surface area contributed by atoms with Crippen molar-refractivity contribution >= 4 is 34.1 Å². The van der Waals surface area contributed by atoms with Gasteiger partial charge in [0.05, 0.1) is 41.2 Å². The third kappa shape index (κ3) is 7.03. The zero-order valence-corrected chi connectivity index (χ0v) is 29.7. The van der Waals surface area contributed by atoms with Crippen LogP contribution in [0, 0.1) is 30.6 Å². The van der Waals surface area contributed by atoms with E-state index in [0.717, 1.165) is 6.07 Å². The summed E-state index contributed by atoms with van der Waals surface area (Å²) in [5, 5.41) is 58.2. The van der Waals surface area contributed by atoms with E-state index < -0.39 is 88.8 Å². The van der Waals surface area contributed by atoms with Crippen LogP contribution in [-0.4, -0.2) is 80.5 Å². The molecule has 13 heteroatoms. The Labute approximate surface area is 290 Å². The number of aliphatic hydroxyl groups excluding tert-OH is 2. The van der Waals surface area contributed by atoms with E-state index in [-0.39, 0.29) is 38.9 Å². The summed E-state index contributed by atoms with van der Waals surface area (Å²) < 4.78 is 23.2. The van der Waals surface area contributed by atoms with E-state index in [4.69, 9.17) is 18.9 Å². The Balaban J connectivity index is 1.87. The summed E-state index contributed by atoms with van der Waals surface area (Å²) in [5.74, 6) is -7.99. The van der Waals surface area contributed by atoms with Gasteiger partial charge in [0.25, 0.3) is 11.7 Å². The van der Waals surface area contributed by atoms with E-state index in [1.165, 1.54) is 53.2 Å². The van der Waals surface area contributed by atoms with Crippen LogP contribution in [0.5, 0.6) is 23.0 Å². The first-order chi connectivity index (χ1) is 23.4. The molecule has 13 nitrogen and oxygen atoms in total. The zero-order valence-electron chi connectivity index (χ0n) is 29.7. The van der Waals surface area contributed by atoms with E-state index in [1.807, 2.05) is 0 Å². The monoisotopic (exact) mass is 697 g/mol. The van der Waals surface area contributed by atoms with Crippen LogP contribution in [0.3, 0.4) is 0 Å². The van der Waals surface area contributed by atoms with Crippen LogP contribution >= 0.6 is 0 Å². The summed E-state index contributed by atoms with van der Waals surface area (Å²) in [5.41, 5.74) is -0.0929. The number of amides is 1. The van der Waals surface area contributed by atoms with Crippen molar-refractivity contribution in [1.82, 2.24) is 0 Å². The lowest BCUT2D eigenvalue weighted by molar-refractivity contribution is -0.160. The number of benzene rings is 2. The number of aliphatic hydroxyl groups is 2. The first-order valence-electron chi connectivity index (χ1n) is 16.4. The first-order valence-corrected chi connectivity index (χ1v) is 16.4. The average Bonchev–Trinajstić information content (AvgIpc) is 3.33. The molecule has 6 N–H and O–H groups in total. The van der Waals surface area contributed by atoms with Gasteiger partial charge >= 0.3 is 11.8 Å². The highest BCUT2D eigenvalue weighted by Crippen LogP contribution is 2.53. The predicted molar refractivity (Wildman–Crippen MR) is 184 cm³/mol. The second kappa shape index (κ2) is 14.7. The second-order valence-corrected chi connectivity index (χ2v) is 13.4. The Morgan fingerprint density at radius 3 is 2.22 bits per heavy atom. The Bertz CT molecular complexity index is 1760. The molecule has 1 amide bonds. The van der Waals surface area contributed by atoms with Crippen LogP contribution in [0.15, 0.2) is 42.2 Å². The molecule has 9 atom stereocenters. The fourth-order valence-electron chi connectivity index (χ4n) is 6.65. The molecule has 50 heavy (non-hydrogen) atoms. The Kier molecular flexibility index (Phi) is 11.2. The summed E-state index contributed by atoms with van der Waals surface area (Å²) in [6.07, 6.45) is 3.62. The maximum atomic E-state index is 13.9. The predicted octanol–water partition coefficient (Wildman–Crippen LogP) is 4.75. The minimum Gasteiger partial charge on any atom is -0.507 e. The molecule has 2 aromatic carbocycles. The van der Waals surface area contributed by atoms with Gasteiger partial charge < -0.3 is 49.8 Å². The minimum atomic E-state index is -1.98. The molecule has 3 aliphatic rings. The van der Waals surface area contributed by atoms with E-state index in [0.29, 0.717) is 0 Å². The number of rotatable bonds is 2. The van der Waals surface area contributed by atoms with Gasteiger partial charge in [0.15, 0.2) is 5.75 Å². The summed E-state index contributed by atoms with van der Waals surface area (Å²) in [4.78, 5) is 39.2. The van der Waals surface area contributed by atoms with Crippen LogP contribution in [0.4, 0.5) is 5.69 Å². The number of nitrogens with one attached hydrogen (secondary N) is 1. The average molecular weight is 698 g/mol. The Hall–Kier alpha value is -4.59. The highest BCUT2D eigenvalue weighted by Gasteiger charge is 2.49. The summed E-state index contributed by atoms with van der Waals surface area (Å²) >= 11 is 0. The number of hydrogen-bond donors (Lipinski definition) is 6. The molecule has 0 radical (unpaired) electrons. The SMILES string of the molecule is COC1/C=C/O[C@@]2(C)Oc3c(C)c(O)c4c(O)c(cc(O)c4c3C2=O)NC(=O)/C(C)=C\C=C\[C@H](C)C(O)[C@@H](C)[C@@H](O)[C@@H](C)[C@H](OC(C)=O)[C@@H]1C. The summed E-state index contributed by atoms with van der Waals surface area (Å²) in [6.45, 7) is 12.5. The maximum absolute atomic E-state index is 13.9. The normalized spacial score (nSPS) is 33.2. The van der Waals surface area contributed by atoms with Gasteiger partial charge in [0.2, 0.25) is 0 Å². The highest BCUT2D eigenvalue weighted by atomic mass is 16.7. The van der Waals surface area contributed by atoms with Crippen molar-refractivity contribution in [3.05, 3.63) is 53.3 Å². The van der Waals surface area contributed by atoms with Gasteiger partial charge in [-0.25, -0.2) is 0 Å². The fourth-order valence-corrected chi connectivity index (χ4v) is 6.65. The highest BCUT2D eigenvalue weighted by molar-refractivity contribution is 6.21. The molecule has 3 aliphatic heterocycles. The van der Waals surface area contributed by atoms with Crippen molar-refractivity contribution in [3.8, 4) is 23.0 Å². The molecule has 0 aromatic heterocycles. The molecule has 0 saturated carbocycles. The molecule has 5 rings (SSSR count). The number of esters is 1. The molecule has 5 bridgehead atoms. The zero-order chi connectivity index (χ0) is 37.4. The van der Waals surface area contributed by atoms with Crippen molar-refractivity contribution in [1.29, 1.82) is 0 Å². The Morgan fingerprint density at radius 2 is 1.60 bits per heavy atom. The summed E-state index contributed by atoms with van der Waals surface area (Å²) in [7, 11) is 1.43. The molecule has 272 valence electrons. The number of fused-ring (bicyclic) bond motifs is 14. The van der Waals surface area contributed by atoms with Crippen LogP contribution in [0.25, 0.3) is 10.8 Å². The quantitative estimate of drug-likeness (QED) is 0.143.